The average molecular weight is 409 g/mol. The van der Waals surface area contributed by atoms with Gasteiger partial charge in [0.2, 0.25) is 0 Å². The third kappa shape index (κ3) is 4.62. The number of para-hydroxylation sites is 1. The Morgan fingerprint density at radius 1 is 1.30 bits per heavy atom. The maximum absolute atomic E-state index is 13.7. The third-order valence-electron chi connectivity index (χ3n) is 2.75. The first-order valence-corrected chi connectivity index (χ1v) is 7.51. The molecule has 8 heteroatoms. The smallest absolute Gasteiger partial charge is 0.272 e. The Balaban J connectivity index is 2.28. The highest BCUT2D eigenvalue weighted by molar-refractivity contribution is 9.10. The predicted molar refractivity (Wildman–Crippen MR) is 85.0 cm³/mol. The molecule has 0 heterocycles. The fourth-order valence-electron chi connectivity index (χ4n) is 1.75. The second-order valence-corrected chi connectivity index (χ2v) is 5.72. The lowest BCUT2D eigenvalue weighted by molar-refractivity contribution is 0.0803. The van der Waals surface area contributed by atoms with E-state index in [0.717, 1.165) is 6.07 Å². The van der Waals surface area contributed by atoms with Gasteiger partial charge in [-0.25, -0.2) is 13.2 Å². The molecule has 122 valence electrons. The van der Waals surface area contributed by atoms with Crippen LogP contribution in [0, 0.1) is 5.82 Å². The number of anilines is 1. The molecule has 2 rings (SSSR count). The molecule has 0 spiro atoms. The largest absolute Gasteiger partial charge is 0.487 e. The molecule has 0 saturated heterocycles. The molecule has 23 heavy (non-hydrogen) atoms. The van der Waals surface area contributed by atoms with E-state index in [1.54, 1.807) is 0 Å². The summed E-state index contributed by atoms with van der Waals surface area (Å²) >= 11 is 9.00. The minimum atomic E-state index is -2.69. The van der Waals surface area contributed by atoms with Gasteiger partial charge >= 0.3 is 0 Å². The molecule has 0 aliphatic rings. The van der Waals surface area contributed by atoms with Gasteiger partial charge in [0.25, 0.3) is 12.3 Å². The second-order valence-electron chi connectivity index (χ2n) is 4.39. The molecule has 0 bridgehead atoms. The van der Waals surface area contributed by atoms with E-state index in [2.05, 4.69) is 21.2 Å². The van der Waals surface area contributed by atoms with Crippen LogP contribution in [0.15, 0.2) is 40.9 Å². The Kier molecular flexibility index (Phi) is 5.90. The Morgan fingerprint density at radius 3 is 2.70 bits per heavy atom. The number of alkyl halides is 2. The van der Waals surface area contributed by atoms with Crippen LogP contribution < -0.4 is 10.1 Å². The number of halogens is 5. The van der Waals surface area contributed by atoms with Gasteiger partial charge in [-0.05, 0) is 30.3 Å². The second kappa shape index (κ2) is 7.70. The maximum atomic E-state index is 13.7. The number of rotatable bonds is 5. The summed E-state index contributed by atoms with van der Waals surface area (Å²) in [4.78, 5) is 12.3. The molecule has 0 radical (unpaired) electrons. The van der Waals surface area contributed by atoms with Crippen LogP contribution in [0.3, 0.4) is 0 Å². The standard InChI is InChI=1S/C15H10BrClF3NO2/c16-8-4-5-9(12(6-8)23-7-13(19)20)15(22)21-14-10(17)2-1-3-11(14)18/h1-6,13H,7H2,(H,21,22). The van der Waals surface area contributed by atoms with E-state index in [0.29, 0.717) is 4.47 Å². The van der Waals surface area contributed by atoms with Crippen molar-refractivity contribution in [2.75, 3.05) is 11.9 Å². The van der Waals surface area contributed by atoms with Crippen molar-refractivity contribution in [2.24, 2.45) is 0 Å². The number of benzene rings is 2. The summed E-state index contributed by atoms with van der Waals surface area (Å²) in [5, 5.41) is 2.33. The van der Waals surface area contributed by atoms with Gasteiger partial charge in [0.05, 0.1) is 16.3 Å². The lowest BCUT2D eigenvalue weighted by Crippen LogP contribution is -2.16. The average Bonchev–Trinajstić information content (AvgIpc) is 2.49. The van der Waals surface area contributed by atoms with E-state index in [1.165, 1.54) is 30.3 Å². The summed E-state index contributed by atoms with van der Waals surface area (Å²) in [7, 11) is 0. The van der Waals surface area contributed by atoms with Crippen LogP contribution in [-0.4, -0.2) is 18.9 Å². The van der Waals surface area contributed by atoms with Crippen LogP contribution in [0.5, 0.6) is 5.75 Å². The summed E-state index contributed by atoms with van der Waals surface area (Å²) in [6, 6.07) is 8.22. The normalized spacial score (nSPS) is 10.7. The minimum absolute atomic E-state index is 0.0190. The van der Waals surface area contributed by atoms with Crippen molar-refractivity contribution in [3.63, 3.8) is 0 Å². The zero-order valence-electron chi connectivity index (χ0n) is 11.5. The van der Waals surface area contributed by atoms with E-state index in [4.69, 9.17) is 16.3 Å². The van der Waals surface area contributed by atoms with E-state index >= 15 is 0 Å². The van der Waals surface area contributed by atoms with Crippen molar-refractivity contribution in [1.29, 1.82) is 0 Å². The van der Waals surface area contributed by atoms with Crippen molar-refractivity contribution >= 4 is 39.1 Å². The number of hydrogen-bond donors (Lipinski definition) is 1. The number of ether oxygens (including phenoxy) is 1. The quantitative estimate of drug-likeness (QED) is 0.744. The fourth-order valence-corrected chi connectivity index (χ4v) is 2.30. The summed E-state index contributed by atoms with van der Waals surface area (Å²) in [6.07, 6.45) is -2.69. The molecule has 0 fully saturated rings. The number of carbonyl (C=O) groups is 1. The van der Waals surface area contributed by atoms with E-state index < -0.39 is 24.8 Å². The van der Waals surface area contributed by atoms with Crippen molar-refractivity contribution in [3.8, 4) is 5.75 Å². The van der Waals surface area contributed by atoms with Gasteiger partial charge in [0.15, 0.2) is 0 Å². The summed E-state index contributed by atoms with van der Waals surface area (Å²) in [6.45, 7) is -0.864. The van der Waals surface area contributed by atoms with E-state index in [9.17, 15) is 18.0 Å². The molecule has 1 amide bonds. The van der Waals surface area contributed by atoms with Crippen molar-refractivity contribution < 1.29 is 22.7 Å². The van der Waals surface area contributed by atoms with Crippen LogP contribution in [-0.2, 0) is 0 Å². The molecule has 0 atom stereocenters. The molecule has 3 nitrogen and oxygen atoms in total. The molecule has 0 aliphatic carbocycles. The van der Waals surface area contributed by atoms with Crippen LogP contribution in [0.2, 0.25) is 5.02 Å². The SMILES string of the molecule is O=C(Nc1c(F)cccc1Cl)c1ccc(Br)cc1OCC(F)F. The van der Waals surface area contributed by atoms with E-state index in [1.807, 2.05) is 0 Å². The highest BCUT2D eigenvalue weighted by Crippen LogP contribution is 2.28. The van der Waals surface area contributed by atoms with Crippen LogP contribution >= 0.6 is 27.5 Å². The first-order chi connectivity index (χ1) is 10.9. The van der Waals surface area contributed by atoms with Gasteiger partial charge < -0.3 is 10.1 Å². The highest BCUT2D eigenvalue weighted by Gasteiger charge is 2.17. The summed E-state index contributed by atoms with van der Waals surface area (Å²) in [5.41, 5.74) is -0.213. The Hall–Kier alpha value is -1.73. The van der Waals surface area contributed by atoms with Gasteiger partial charge in [0, 0.05) is 4.47 Å². The Labute approximate surface area is 143 Å². The molecular formula is C15H10BrClF3NO2. The molecular weight excluding hydrogens is 399 g/mol. The summed E-state index contributed by atoms with van der Waals surface area (Å²) in [5.74, 6) is -1.49. The molecule has 2 aromatic rings. The Morgan fingerprint density at radius 2 is 2.04 bits per heavy atom. The van der Waals surface area contributed by atoms with Crippen LogP contribution in [0.4, 0.5) is 18.9 Å². The summed E-state index contributed by atoms with van der Waals surface area (Å²) < 4.78 is 43.8. The number of carbonyl (C=O) groups excluding carboxylic acids is 1. The number of amides is 1. The van der Waals surface area contributed by atoms with Gasteiger partial charge in [-0.1, -0.05) is 33.6 Å². The van der Waals surface area contributed by atoms with Gasteiger partial charge in [-0.15, -0.1) is 0 Å². The molecule has 0 unspecified atom stereocenters. The molecule has 1 N–H and O–H groups in total. The zero-order valence-corrected chi connectivity index (χ0v) is 13.8. The van der Waals surface area contributed by atoms with Crippen LogP contribution in [0.1, 0.15) is 10.4 Å². The zero-order chi connectivity index (χ0) is 17.0. The van der Waals surface area contributed by atoms with Crippen LogP contribution in [0.25, 0.3) is 0 Å². The molecule has 0 aliphatic heterocycles. The van der Waals surface area contributed by atoms with Gasteiger partial charge in [-0.3, -0.25) is 4.79 Å². The molecule has 0 saturated carbocycles. The first kappa shape index (κ1) is 17.6. The van der Waals surface area contributed by atoms with Crippen molar-refractivity contribution in [2.45, 2.75) is 6.43 Å². The predicted octanol–water partition coefficient (Wildman–Crippen LogP) is 5.14. The first-order valence-electron chi connectivity index (χ1n) is 6.34. The third-order valence-corrected chi connectivity index (χ3v) is 3.56. The lowest BCUT2D eigenvalue weighted by atomic mass is 10.2. The Bertz CT molecular complexity index is 708. The maximum Gasteiger partial charge on any atom is 0.272 e. The lowest BCUT2D eigenvalue weighted by Gasteiger charge is -2.13. The van der Waals surface area contributed by atoms with Crippen molar-refractivity contribution in [1.82, 2.24) is 0 Å². The number of hydrogen-bond acceptors (Lipinski definition) is 2. The minimum Gasteiger partial charge on any atom is -0.487 e. The topological polar surface area (TPSA) is 38.3 Å². The molecule has 2 aromatic carbocycles. The van der Waals surface area contributed by atoms with Gasteiger partial charge in [0.1, 0.15) is 18.2 Å². The van der Waals surface area contributed by atoms with Crippen molar-refractivity contribution in [3.05, 3.63) is 57.3 Å². The highest BCUT2D eigenvalue weighted by atomic mass is 79.9. The molecule has 0 aromatic heterocycles. The van der Waals surface area contributed by atoms with Gasteiger partial charge in [-0.2, -0.15) is 0 Å². The monoisotopic (exact) mass is 407 g/mol. The fraction of sp³-hybridized carbons (Fsp3) is 0.133. The number of nitrogens with one attached hydrogen (secondary N) is 1. The van der Waals surface area contributed by atoms with E-state index in [-0.39, 0.29) is 22.0 Å².